The van der Waals surface area contributed by atoms with Crippen molar-refractivity contribution in [1.29, 1.82) is 0 Å². The lowest BCUT2D eigenvalue weighted by atomic mass is 9.83. The highest BCUT2D eigenvalue weighted by atomic mass is 16.3. The van der Waals surface area contributed by atoms with Gasteiger partial charge in [-0.2, -0.15) is 0 Å². The molecule has 0 amide bonds. The Labute approximate surface area is 94.5 Å². The monoisotopic (exact) mass is 213 g/mol. The van der Waals surface area contributed by atoms with Gasteiger partial charge in [0.25, 0.3) is 0 Å². The average Bonchev–Trinajstić information content (AvgIpc) is 2.21. The molecule has 0 aromatic carbocycles. The van der Waals surface area contributed by atoms with Gasteiger partial charge >= 0.3 is 0 Å². The molecular weight excluding hydrogens is 186 g/mol. The molecule has 1 fully saturated rings. The van der Waals surface area contributed by atoms with Crippen LogP contribution in [-0.4, -0.2) is 24.8 Å². The molecule has 1 aliphatic carbocycles. The van der Waals surface area contributed by atoms with E-state index in [9.17, 15) is 0 Å². The first-order valence-corrected chi connectivity index (χ1v) is 6.54. The molecule has 15 heavy (non-hydrogen) atoms. The first kappa shape index (κ1) is 13.0. The third-order valence-corrected chi connectivity index (χ3v) is 3.68. The van der Waals surface area contributed by atoms with Gasteiger partial charge in [0.1, 0.15) is 0 Å². The molecule has 0 saturated heterocycles. The summed E-state index contributed by atoms with van der Waals surface area (Å²) in [6.07, 6.45) is 6.57. The normalized spacial score (nSPS) is 29.0. The Balaban J connectivity index is 2.00. The minimum Gasteiger partial charge on any atom is -0.396 e. The number of hydrogen-bond acceptors (Lipinski definition) is 2. The zero-order valence-corrected chi connectivity index (χ0v) is 10.3. The van der Waals surface area contributed by atoms with Crippen molar-refractivity contribution in [3.8, 4) is 0 Å². The van der Waals surface area contributed by atoms with Gasteiger partial charge in [-0.05, 0) is 50.1 Å². The first-order valence-electron chi connectivity index (χ1n) is 6.54. The van der Waals surface area contributed by atoms with Crippen molar-refractivity contribution in [3.63, 3.8) is 0 Å². The van der Waals surface area contributed by atoms with Crippen LogP contribution in [0.15, 0.2) is 0 Å². The molecular formula is C13H27NO. The van der Waals surface area contributed by atoms with Crippen LogP contribution < -0.4 is 5.32 Å². The van der Waals surface area contributed by atoms with Crippen LogP contribution in [0.25, 0.3) is 0 Å². The number of nitrogens with one attached hydrogen (secondary N) is 1. The fourth-order valence-electron chi connectivity index (χ4n) is 2.39. The molecule has 0 spiro atoms. The van der Waals surface area contributed by atoms with E-state index in [-0.39, 0.29) is 0 Å². The van der Waals surface area contributed by atoms with Crippen LogP contribution in [0.2, 0.25) is 0 Å². The Morgan fingerprint density at radius 2 is 1.93 bits per heavy atom. The van der Waals surface area contributed by atoms with Gasteiger partial charge in [-0.3, -0.25) is 0 Å². The molecule has 1 saturated carbocycles. The lowest BCUT2D eigenvalue weighted by Crippen LogP contribution is -2.29. The van der Waals surface area contributed by atoms with Crippen LogP contribution in [0.1, 0.15) is 46.0 Å². The van der Waals surface area contributed by atoms with Gasteiger partial charge in [-0.15, -0.1) is 0 Å². The quantitative estimate of drug-likeness (QED) is 0.710. The van der Waals surface area contributed by atoms with E-state index in [2.05, 4.69) is 19.2 Å². The smallest absolute Gasteiger partial charge is 0.0434 e. The van der Waals surface area contributed by atoms with Gasteiger partial charge < -0.3 is 10.4 Å². The van der Waals surface area contributed by atoms with E-state index in [0.717, 1.165) is 24.8 Å². The summed E-state index contributed by atoms with van der Waals surface area (Å²) in [5.74, 6) is 2.47. The van der Waals surface area contributed by atoms with E-state index in [4.69, 9.17) is 5.11 Å². The van der Waals surface area contributed by atoms with Gasteiger partial charge in [0.15, 0.2) is 0 Å². The molecule has 90 valence electrons. The zero-order chi connectivity index (χ0) is 11.1. The Bertz CT molecular complexity index is 153. The predicted octanol–water partition coefficient (Wildman–Crippen LogP) is 2.42. The summed E-state index contributed by atoms with van der Waals surface area (Å²) in [6.45, 7) is 7.14. The second-order valence-electron chi connectivity index (χ2n) is 5.40. The third kappa shape index (κ3) is 5.53. The Kier molecular flexibility index (Phi) is 6.26. The highest BCUT2D eigenvalue weighted by Gasteiger charge is 2.17. The van der Waals surface area contributed by atoms with Gasteiger partial charge in [-0.1, -0.05) is 26.7 Å². The van der Waals surface area contributed by atoms with Crippen molar-refractivity contribution in [2.24, 2.45) is 17.8 Å². The molecule has 2 heteroatoms. The number of hydrogen-bond donors (Lipinski definition) is 2. The van der Waals surface area contributed by atoms with E-state index in [1.807, 2.05) is 0 Å². The molecule has 0 aliphatic heterocycles. The molecule has 1 atom stereocenters. The van der Waals surface area contributed by atoms with Crippen LogP contribution in [-0.2, 0) is 0 Å². The summed E-state index contributed by atoms with van der Waals surface area (Å²) >= 11 is 0. The maximum atomic E-state index is 8.79. The molecule has 0 bridgehead atoms. The number of aliphatic hydroxyl groups is 1. The molecule has 0 radical (unpaired) electrons. The van der Waals surface area contributed by atoms with Crippen LogP contribution in [0.5, 0.6) is 0 Å². The summed E-state index contributed by atoms with van der Waals surface area (Å²) in [6, 6.07) is 0. The largest absolute Gasteiger partial charge is 0.396 e. The van der Waals surface area contributed by atoms with E-state index >= 15 is 0 Å². The second-order valence-corrected chi connectivity index (χ2v) is 5.40. The fourth-order valence-corrected chi connectivity index (χ4v) is 2.39. The lowest BCUT2D eigenvalue weighted by molar-refractivity contribution is 0.251. The molecule has 2 N–H and O–H groups in total. The van der Waals surface area contributed by atoms with Crippen molar-refractivity contribution >= 4 is 0 Å². The highest BCUT2D eigenvalue weighted by molar-refractivity contribution is 4.72. The molecule has 2 nitrogen and oxygen atoms in total. The van der Waals surface area contributed by atoms with E-state index < -0.39 is 0 Å². The van der Waals surface area contributed by atoms with E-state index in [1.54, 1.807) is 0 Å². The molecule has 1 rings (SSSR count). The van der Waals surface area contributed by atoms with E-state index in [1.165, 1.54) is 32.2 Å². The van der Waals surface area contributed by atoms with Crippen molar-refractivity contribution in [1.82, 2.24) is 5.32 Å². The summed E-state index contributed by atoms with van der Waals surface area (Å²) in [7, 11) is 0. The van der Waals surface area contributed by atoms with Crippen molar-refractivity contribution in [3.05, 3.63) is 0 Å². The SMILES string of the molecule is CC1CCC(CNCC(C)CCO)CC1. The summed E-state index contributed by atoms with van der Waals surface area (Å²) in [5.41, 5.74) is 0. The molecule has 0 heterocycles. The summed E-state index contributed by atoms with van der Waals surface area (Å²) < 4.78 is 0. The molecule has 0 aromatic rings. The standard InChI is InChI=1S/C13H27NO/c1-11-3-5-13(6-4-11)10-14-9-12(2)7-8-15/h11-15H,3-10H2,1-2H3. The summed E-state index contributed by atoms with van der Waals surface area (Å²) in [5, 5.41) is 12.3. The van der Waals surface area contributed by atoms with Crippen molar-refractivity contribution in [2.75, 3.05) is 19.7 Å². The Morgan fingerprint density at radius 3 is 2.53 bits per heavy atom. The minimum absolute atomic E-state index is 0.323. The molecule has 1 aliphatic rings. The molecule has 0 aromatic heterocycles. The maximum Gasteiger partial charge on any atom is 0.0434 e. The van der Waals surface area contributed by atoms with Crippen LogP contribution in [0.3, 0.4) is 0 Å². The maximum absolute atomic E-state index is 8.79. The van der Waals surface area contributed by atoms with Crippen LogP contribution >= 0.6 is 0 Å². The van der Waals surface area contributed by atoms with Gasteiger partial charge in [0, 0.05) is 6.61 Å². The number of aliphatic hydroxyl groups excluding tert-OH is 1. The van der Waals surface area contributed by atoms with Gasteiger partial charge in [0.2, 0.25) is 0 Å². The highest BCUT2D eigenvalue weighted by Crippen LogP contribution is 2.27. The van der Waals surface area contributed by atoms with Gasteiger partial charge in [-0.25, -0.2) is 0 Å². The van der Waals surface area contributed by atoms with Gasteiger partial charge in [0.05, 0.1) is 0 Å². The van der Waals surface area contributed by atoms with Crippen molar-refractivity contribution < 1.29 is 5.11 Å². The third-order valence-electron chi connectivity index (χ3n) is 3.68. The topological polar surface area (TPSA) is 32.3 Å². The second kappa shape index (κ2) is 7.24. The minimum atomic E-state index is 0.323. The first-order chi connectivity index (χ1) is 7.22. The average molecular weight is 213 g/mol. The van der Waals surface area contributed by atoms with E-state index in [0.29, 0.717) is 12.5 Å². The zero-order valence-electron chi connectivity index (χ0n) is 10.3. The summed E-state index contributed by atoms with van der Waals surface area (Å²) in [4.78, 5) is 0. The Morgan fingerprint density at radius 1 is 1.27 bits per heavy atom. The van der Waals surface area contributed by atoms with Crippen molar-refractivity contribution in [2.45, 2.75) is 46.0 Å². The predicted molar refractivity (Wildman–Crippen MR) is 64.9 cm³/mol. The molecule has 1 unspecified atom stereocenters. The van der Waals surface area contributed by atoms with Crippen LogP contribution in [0, 0.1) is 17.8 Å². The lowest BCUT2D eigenvalue weighted by Gasteiger charge is -2.26. The number of rotatable bonds is 6. The fraction of sp³-hybridized carbons (Fsp3) is 1.00. The van der Waals surface area contributed by atoms with Crippen LogP contribution in [0.4, 0.5) is 0 Å². The Hall–Kier alpha value is -0.0800.